The molecular formula is C14H19N3O3S. The largest absolute Gasteiger partial charge is 0.338 e. The second-order valence-corrected chi connectivity index (χ2v) is 7.89. The Hall–Kier alpha value is -1.73. The Bertz CT molecular complexity index is 718. The van der Waals surface area contributed by atoms with Crippen molar-refractivity contribution in [1.29, 1.82) is 0 Å². The van der Waals surface area contributed by atoms with E-state index in [0.717, 1.165) is 11.1 Å². The average Bonchev–Trinajstić information content (AvgIpc) is 2.85. The Balaban J connectivity index is 2.26. The van der Waals surface area contributed by atoms with Gasteiger partial charge in [0.2, 0.25) is 11.7 Å². The van der Waals surface area contributed by atoms with Crippen LogP contribution in [0.25, 0.3) is 11.4 Å². The minimum Gasteiger partial charge on any atom is -0.338 e. The normalized spacial score (nSPS) is 12.6. The zero-order valence-electron chi connectivity index (χ0n) is 12.3. The first-order valence-electron chi connectivity index (χ1n) is 6.52. The van der Waals surface area contributed by atoms with E-state index < -0.39 is 15.3 Å². The van der Waals surface area contributed by atoms with Crippen LogP contribution in [-0.4, -0.2) is 30.6 Å². The molecule has 0 fully saturated rings. The lowest BCUT2D eigenvalue weighted by atomic mass is 9.86. The summed E-state index contributed by atoms with van der Waals surface area (Å²) in [6.07, 6.45) is 1.25. The lowest BCUT2D eigenvalue weighted by Gasteiger charge is -2.24. The highest BCUT2D eigenvalue weighted by Crippen LogP contribution is 2.27. The van der Waals surface area contributed by atoms with Crippen LogP contribution in [-0.2, 0) is 21.8 Å². The van der Waals surface area contributed by atoms with Crippen molar-refractivity contribution in [2.75, 3.05) is 12.0 Å². The smallest absolute Gasteiger partial charge is 0.240 e. The van der Waals surface area contributed by atoms with Gasteiger partial charge in [-0.05, 0) is 5.56 Å². The number of nitrogens with zero attached hydrogens (tertiary/aromatic N) is 2. The number of hydrogen-bond donors (Lipinski definition) is 1. The molecule has 21 heavy (non-hydrogen) atoms. The summed E-state index contributed by atoms with van der Waals surface area (Å²) in [6.45, 7) is 4.01. The quantitative estimate of drug-likeness (QED) is 0.899. The van der Waals surface area contributed by atoms with E-state index in [2.05, 4.69) is 10.1 Å². The van der Waals surface area contributed by atoms with E-state index in [1.54, 1.807) is 0 Å². The molecule has 0 bridgehead atoms. The van der Waals surface area contributed by atoms with Crippen LogP contribution in [0.5, 0.6) is 0 Å². The van der Waals surface area contributed by atoms with Crippen molar-refractivity contribution in [3.8, 4) is 11.4 Å². The van der Waals surface area contributed by atoms with E-state index in [1.165, 1.54) is 6.26 Å². The molecule has 0 aliphatic rings. The van der Waals surface area contributed by atoms with Gasteiger partial charge in [0.05, 0.1) is 12.3 Å². The number of hydrogen-bond acceptors (Lipinski definition) is 6. The van der Waals surface area contributed by atoms with Gasteiger partial charge in [-0.2, -0.15) is 4.98 Å². The first-order valence-corrected chi connectivity index (χ1v) is 8.59. The summed E-state index contributed by atoms with van der Waals surface area (Å²) in [5, 5.41) is 3.85. The molecule has 7 heteroatoms. The van der Waals surface area contributed by atoms with Crippen molar-refractivity contribution in [3.63, 3.8) is 0 Å². The predicted molar refractivity (Wildman–Crippen MR) is 80.4 cm³/mol. The standard InChI is InChI=1S/C14H19N3O3S/c1-14(2,9-21(3,18)19)11-6-4-10(5-7-11)13-16-12(8-15)20-17-13/h4-7H,8-9,15H2,1-3H3. The minimum absolute atomic E-state index is 0.0961. The molecule has 0 saturated carbocycles. The van der Waals surface area contributed by atoms with Crippen LogP contribution in [0.15, 0.2) is 28.8 Å². The van der Waals surface area contributed by atoms with Gasteiger partial charge in [-0.25, -0.2) is 8.42 Å². The van der Waals surface area contributed by atoms with Crippen molar-refractivity contribution < 1.29 is 12.9 Å². The van der Waals surface area contributed by atoms with E-state index in [1.807, 2.05) is 38.1 Å². The maximum atomic E-state index is 11.5. The van der Waals surface area contributed by atoms with Crippen LogP contribution in [0.1, 0.15) is 25.3 Å². The predicted octanol–water partition coefficient (Wildman–Crippen LogP) is 1.52. The summed E-state index contributed by atoms with van der Waals surface area (Å²) in [5.41, 5.74) is 6.72. The van der Waals surface area contributed by atoms with Crippen molar-refractivity contribution in [1.82, 2.24) is 10.1 Å². The summed E-state index contributed by atoms with van der Waals surface area (Å²) in [5.74, 6) is 0.952. The first kappa shape index (κ1) is 15.7. The SMILES string of the molecule is CC(C)(CS(C)(=O)=O)c1ccc(-c2noc(CN)n2)cc1. The van der Waals surface area contributed by atoms with Crippen LogP contribution in [0.3, 0.4) is 0 Å². The van der Waals surface area contributed by atoms with Gasteiger partial charge in [0.1, 0.15) is 9.84 Å². The molecule has 2 aromatic rings. The molecule has 0 aliphatic carbocycles. The molecule has 0 amide bonds. The average molecular weight is 309 g/mol. The Morgan fingerprint density at radius 2 is 1.86 bits per heavy atom. The Kier molecular flexibility index (Phi) is 4.15. The van der Waals surface area contributed by atoms with Gasteiger partial charge >= 0.3 is 0 Å². The van der Waals surface area contributed by atoms with E-state index in [4.69, 9.17) is 10.3 Å². The molecule has 0 unspecified atom stereocenters. The Labute approximate surface area is 124 Å². The van der Waals surface area contributed by atoms with Crippen LogP contribution >= 0.6 is 0 Å². The van der Waals surface area contributed by atoms with Crippen molar-refractivity contribution in [3.05, 3.63) is 35.7 Å². The molecule has 114 valence electrons. The summed E-state index contributed by atoms with van der Waals surface area (Å²) in [4.78, 5) is 4.15. The molecule has 0 atom stereocenters. The third-order valence-corrected chi connectivity index (χ3v) is 4.44. The molecule has 0 saturated heterocycles. The molecule has 1 aromatic carbocycles. The van der Waals surface area contributed by atoms with Crippen LogP contribution < -0.4 is 5.73 Å². The van der Waals surface area contributed by atoms with Crippen LogP contribution in [0.4, 0.5) is 0 Å². The van der Waals surface area contributed by atoms with E-state index in [9.17, 15) is 8.42 Å². The molecule has 1 heterocycles. The minimum atomic E-state index is -3.05. The van der Waals surface area contributed by atoms with Crippen molar-refractivity contribution >= 4 is 9.84 Å². The van der Waals surface area contributed by atoms with Gasteiger partial charge in [0.25, 0.3) is 0 Å². The molecule has 2 N–H and O–H groups in total. The molecular weight excluding hydrogens is 290 g/mol. The fourth-order valence-corrected chi connectivity index (χ4v) is 3.74. The number of sulfone groups is 1. The fourth-order valence-electron chi connectivity index (χ4n) is 2.26. The fraction of sp³-hybridized carbons (Fsp3) is 0.429. The molecule has 0 spiro atoms. The summed E-state index contributed by atoms with van der Waals surface area (Å²) in [7, 11) is -3.05. The zero-order chi connectivity index (χ0) is 15.7. The second-order valence-electron chi connectivity index (χ2n) is 5.75. The van der Waals surface area contributed by atoms with Gasteiger partial charge in [0, 0.05) is 17.2 Å². The molecule has 1 aromatic heterocycles. The number of benzene rings is 1. The van der Waals surface area contributed by atoms with Crippen molar-refractivity contribution in [2.24, 2.45) is 5.73 Å². The summed E-state index contributed by atoms with van der Waals surface area (Å²) >= 11 is 0. The van der Waals surface area contributed by atoms with E-state index >= 15 is 0 Å². The van der Waals surface area contributed by atoms with Crippen molar-refractivity contribution in [2.45, 2.75) is 25.8 Å². The Morgan fingerprint density at radius 1 is 1.24 bits per heavy atom. The van der Waals surface area contributed by atoms with Gasteiger partial charge in [-0.1, -0.05) is 43.3 Å². The van der Waals surface area contributed by atoms with Crippen LogP contribution in [0.2, 0.25) is 0 Å². The third-order valence-electron chi connectivity index (χ3n) is 3.19. The number of nitrogens with two attached hydrogens (primary N) is 1. The molecule has 2 rings (SSSR count). The van der Waals surface area contributed by atoms with Gasteiger partial charge < -0.3 is 10.3 Å². The summed E-state index contributed by atoms with van der Waals surface area (Å²) < 4.78 is 28.0. The lowest BCUT2D eigenvalue weighted by molar-refractivity contribution is 0.380. The van der Waals surface area contributed by atoms with Gasteiger partial charge in [-0.15, -0.1) is 0 Å². The maximum Gasteiger partial charge on any atom is 0.240 e. The summed E-state index contributed by atoms with van der Waals surface area (Å²) in [6, 6.07) is 7.48. The highest BCUT2D eigenvalue weighted by molar-refractivity contribution is 7.90. The highest BCUT2D eigenvalue weighted by Gasteiger charge is 2.25. The van der Waals surface area contributed by atoms with E-state index in [0.29, 0.717) is 11.7 Å². The first-order chi connectivity index (χ1) is 9.71. The molecule has 0 radical (unpaired) electrons. The van der Waals surface area contributed by atoms with Crippen LogP contribution in [0, 0.1) is 0 Å². The monoisotopic (exact) mass is 309 g/mol. The van der Waals surface area contributed by atoms with Gasteiger partial charge in [-0.3, -0.25) is 0 Å². The maximum absolute atomic E-state index is 11.5. The Morgan fingerprint density at radius 3 is 2.33 bits per heavy atom. The third kappa shape index (κ3) is 3.89. The molecule has 6 nitrogen and oxygen atoms in total. The lowest BCUT2D eigenvalue weighted by Crippen LogP contribution is -2.27. The highest BCUT2D eigenvalue weighted by atomic mass is 32.2. The topological polar surface area (TPSA) is 99.1 Å². The van der Waals surface area contributed by atoms with Gasteiger partial charge in [0.15, 0.2) is 0 Å². The second kappa shape index (κ2) is 5.57. The number of rotatable bonds is 5. The number of aromatic nitrogens is 2. The van der Waals surface area contributed by atoms with E-state index in [-0.39, 0.29) is 12.3 Å². The zero-order valence-corrected chi connectivity index (χ0v) is 13.1. The molecule has 0 aliphatic heterocycles.